The fourth-order valence-corrected chi connectivity index (χ4v) is 4.61. The maximum Gasteiger partial charge on any atom is 0.215 e. The van der Waals surface area contributed by atoms with Crippen molar-refractivity contribution in [2.75, 3.05) is 7.11 Å². The van der Waals surface area contributed by atoms with Crippen LogP contribution in [0.3, 0.4) is 0 Å². The first-order chi connectivity index (χ1) is 14.5. The highest BCUT2D eigenvalue weighted by molar-refractivity contribution is 6.35. The monoisotopic (exact) mass is 458 g/mol. The topological polar surface area (TPSA) is 34.1 Å². The molecule has 0 aliphatic carbocycles. The normalized spacial score (nSPS) is 19.6. The second kappa shape index (κ2) is 7.69. The number of methoxy groups -OCH3 is 1. The first kappa shape index (κ1) is 19.6. The molecule has 2 aliphatic rings. The molecule has 152 valence electrons. The van der Waals surface area contributed by atoms with Gasteiger partial charge in [0.2, 0.25) is 6.23 Å². The smallest absolute Gasteiger partial charge is 0.215 e. The first-order valence-corrected chi connectivity index (χ1v) is 10.6. The Bertz CT molecular complexity index is 1150. The molecule has 0 amide bonds. The quantitative estimate of drug-likeness (QED) is 0.427. The van der Waals surface area contributed by atoms with Gasteiger partial charge < -0.3 is 9.47 Å². The highest BCUT2D eigenvalue weighted by Gasteiger charge is 2.41. The van der Waals surface area contributed by atoms with E-state index in [2.05, 4.69) is 0 Å². The molecule has 4 nitrogen and oxygen atoms in total. The zero-order valence-electron chi connectivity index (χ0n) is 16.0. The fraction of sp³-hybridized carbons (Fsp3) is 0.174. The van der Waals surface area contributed by atoms with Crippen LogP contribution in [-0.4, -0.2) is 17.8 Å². The predicted molar refractivity (Wildman–Crippen MR) is 120 cm³/mol. The fourth-order valence-electron chi connectivity index (χ4n) is 3.92. The molecule has 2 atom stereocenters. The summed E-state index contributed by atoms with van der Waals surface area (Å²) in [5.41, 5.74) is 3.83. The van der Waals surface area contributed by atoms with Crippen molar-refractivity contribution in [2.45, 2.75) is 18.7 Å². The number of ether oxygens (including phenoxy) is 2. The Morgan fingerprint density at radius 3 is 2.40 bits per heavy atom. The summed E-state index contributed by atoms with van der Waals surface area (Å²) in [7, 11) is 1.65. The third-order valence-corrected chi connectivity index (χ3v) is 6.20. The lowest BCUT2D eigenvalue weighted by Gasteiger charge is -2.38. The molecule has 0 fully saturated rings. The van der Waals surface area contributed by atoms with E-state index < -0.39 is 6.23 Å². The molecule has 3 aromatic rings. The van der Waals surface area contributed by atoms with Gasteiger partial charge in [-0.15, -0.1) is 0 Å². The van der Waals surface area contributed by atoms with Crippen LogP contribution in [0.5, 0.6) is 11.5 Å². The minimum absolute atomic E-state index is 0.0127. The summed E-state index contributed by atoms with van der Waals surface area (Å²) in [6, 6.07) is 19.0. The first-order valence-electron chi connectivity index (χ1n) is 9.45. The lowest BCUT2D eigenvalue weighted by molar-refractivity contribution is -0.0189. The van der Waals surface area contributed by atoms with Crippen LogP contribution in [0.15, 0.2) is 65.8 Å². The number of halogens is 3. The van der Waals surface area contributed by atoms with Crippen molar-refractivity contribution in [1.29, 1.82) is 0 Å². The Morgan fingerprint density at radius 1 is 0.933 bits per heavy atom. The van der Waals surface area contributed by atoms with E-state index in [0.29, 0.717) is 15.1 Å². The summed E-state index contributed by atoms with van der Waals surface area (Å²) < 4.78 is 11.6. The number of hydrogen-bond donors (Lipinski definition) is 0. The van der Waals surface area contributed by atoms with Gasteiger partial charge in [-0.25, -0.2) is 5.01 Å². The number of rotatable bonds is 3. The standard InChI is InChI=1S/C23H17Cl3N2O2/c1-29-16-6-2-13(3-7-16)20-12-21-18-10-14(24)5-9-22(18)30-23(28(21)27-20)17-8-4-15(25)11-19(17)26/h2-11,21,23H,12H2,1H3. The summed E-state index contributed by atoms with van der Waals surface area (Å²) in [4.78, 5) is 0. The third-order valence-electron chi connectivity index (χ3n) is 5.40. The zero-order valence-corrected chi connectivity index (χ0v) is 18.2. The molecule has 0 spiro atoms. The minimum atomic E-state index is -0.468. The molecule has 0 saturated carbocycles. The van der Waals surface area contributed by atoms with E-state index in [0.717, 1.165) is 40.3 Å². The van der Waals surface area contributed by atoms with Gasteiger partial charge in [-0.2, -0.15) is 5.10 Å². The second-order valence-corrected chi connectivity index (χ2v) is 8.47. The van der Waals surface area contributed by atoms with Crippen molar-refractivity contribution in [1.82, 2.24) is 5.01 Å². The summed E-state index contributed by atoms with van der Waals surface area (Å²) in [6.45, 7) is 0. The van der Waals surface area contributed by atoms with Gasteiger partial charge >= 0.3 is 0 Å². The van der Waals surface area contributed by atoms with Crippen LogP contribution in [0.4, 0.5) is 0 Å². The molecular weight excluding hydrogens is 443 g/mol. The maximum absolute atomic E-state index is 6.52. The highest BCUT2D eigenvalue weighted by Crippen LogP contribution is 2.49. The Morgan fingerprint density at radius 2 is 1.67 bits per heavy atom. The van der Waals surface area contributed by atoms with Crippen molar-refractivity contribution >= 4 is 40.5 Å². The summed E-state index contributed by atoms with van der Waals surface area (Å²) >= 11 is 18.9. The second-order valence-electron chi connectivity index (χ2n) is 7.19. The number of hydrogen-bond acceptors (Lipinski definition) is 4. The largest absolute Gasteiger partial charge is 0.497 e. The third kappa shape index (κ3) is 3.39. The molecule has 7 heteroatoms. The van der Waals surface area contributed by atoms with Crippen molar-refractivity contribution in [2.24, 2.45) is 5.10 Å². The zero-order chi connectivity index (χ0) is 20.8. The van der Waals surface area contributed by atoms with E-state index >= 15 is 0 Å². The maximum atomic E-state index is 6.52. The average Bonchev–Trinajstić information content (AvgIpc) is 3.19. The predicted octanol–water partition coefficient (Wildman–Crippen LogP) is 6.90. The van der Waals surface area contributed by atoms with Crippen LogP contribution < -0.4 is 9.47 Å². The van der Waals surface area contributed by atoms with Gasteiger partial charge in [0, 0.05) is 27.6 Å². The number of nitrogens with zero attached hydrogens (tertiary/aromatic N) is 2. The molecule has 2 aliphatic heterocycles. The summed E-state index contributed by atoms with van der Waals surface area (Å²) in [5.74, 6) is 1.59. The van der Waals surface area contributed by atoms with Crippen molar-refractivity contribution in [3.8, 4) is 11.5 Å². The van der Waals surface area contributed by atoms with Crippen molar-refractivity contribution < 1.29 is 9.47 Å². The molecule has 2 heterocycles. The SMILES string of the molecule is COc1ccc(C2=NN3C(C2)c2cc(Cl)ccc2OC3c2ccc(Cl)cc2Cl)cc1. The van der Waals surface area contributed by atoms with E-state index in [1.54, 1.807) is 13.2 Å². The van der Waals surface area contributed by atoms with Gasteiger partial charge in [0.15, 0.2) is 0 Å². The van der Waals surface area contributed by atoms with Crippen LogP contribution in [0, 0.1) is 0 Å². The molecule has 0 aromatic heterocycles. The molecule has 2 unspecified atom stereocenters. The van der Waals surface area contributed by atoms with Crippen LogP contribution in [-0.2, 0) is 0 Å². The van der Waals surface area contributed by atoms with E-state index in [9.17, 15) is 0 Å². The Balaban J connectivity index is 1.59. The summed E-state index contributed by atoms with van der Waals surface area (Å²) in [6.07, 6.45) is 0.259. The lowest BCUT2D eigenvalue weighted by atomic mass is 9.96. The summed E-state index contributed by atoms with van der Waals surface area (Å²) in [5, 5.41) is 8.68. The molecular formula is C23H17Cl3N2O2. The molecule has 0 saturated heterocycles. The Hall–Kier alpha value is -2.40. The van der Waals surface area contributed by atoms with Gasteiger partial charge in [0.05, 0.1) is 23.9 Å². The molecule has 3 aromatic carbocycles. The molecule has 5 rings (SSSR count). The number of fused-ring (bicyclic) bond motifs is 3. The van der Waals surface area contributed by atoms with Crippen molar-refractivity contribution in [3.05, 3.63) is 92.4 Å². The Labute approximate surface area is 189 Å². The molecule has 0 radical (unpaired) electrons. The minimum Gasteiger partial charge on any atom is -0.497 e. The number of benzene rings is 3. The molecule has 30 heavy (non-hydrogen) atoms. The van der Waals surface area contributed by atoms with E-state index in [4.69, 9.17) is 49.4 Å². The Kier molecular flexibility index (Phi) is 5.02. The molecule has 0 bridgehead atoms. The number of hydrazone groups is 1. The van der Waals surface area contributed by atoms with Crippen LogP contribution in [0.25, 0.3) is 0 Å². The van der Waals surface area contributed by atoms with Crippen LogP contribution in [0.2, 0.25) is 15.1 Å². The average molecular weight is 460 g/mol. The van der Waals surface area contributed by atoms with E-state index in [-0.39, 0.29) is 6.04 Å². The van der Waals surface area contributed by atoms with Crippen LogP contribution >= 0.6 is 34.8 Å². The van der Waals surface area contributed by atoms with Gasteiger partial charge in [0.25, 0.3) is 0 Å². The van der Waals surface area contributed by atoms with Gasteiger partial charge in [-0.05, 0) is 60.2 Å². The highest BCUT2D eigenvalue weighted by atomic mass is 35.5. The van der Waals surface area contributed by atoms with E-state index in [1.807, 2.05) is 59.6 Å². The van der Waals surface area contributed by atoms with E-state index in [1.165, 1.54) is 0 Å². The molecule has 0 N–H and O–H groups in total. The van der Waals surface area contributed by atoms with Crippen LogP contribution in [0.1, 0.15) is 35.4 Å². The van der Waals surface area contributed by atoms with Crippen molar-refractivity contribution in [3.63, 3.8) is 0 Å². The van der Waals surface area contributed by atoms with Gasteiger partial charge in [-0.1, -0.05) is 40.9 Å². The lowest BCUT2D eigenvalue weighted by Crippen LogP contribution is -2.33. The van der Waals surface area contributed by atoms with Gasteiger partial charge in [0.1, 0.15) is 11.5 Å². The van der Waals surface area contributed by atoms with Gasteiger partial charge in [-0.3, -0.25) is 0 Å².